The predicted octanol–water partition coefficient (Wildman–Crippen LogP) is 1.90. The smallest absolute Gasteiger partial charge is 0.315 e. The predicted molar refractivity (Wildman–Crippen MR) is 66.9 cm³/mol. The van der Waals surface area contributed by atoms with E-state index < -0.39 is 0 Å². The highest BCUT2D eigenvalue weighted by Crippen LogP contribution is 2.27. The van der Waals surface area contributed by atoms with Gasteiger partial charge < -0.3 is 15.4 Å². The highest BCUT2D eigenvalue weighted by atomic mass is 16.5. The van der Waals surface area contributed by atoms with Crippen LogP contribution in [0.25, 0.3) is 0 Å². The first-order valence-corrected chi connectivity index (χ1v) is 6.86. The number of ether oxygens (including phenoxy) is 1. The minimum Gasteiger partial charge on any atom is -0.379 e. The van der Waals surface area contributed by atoms with Crippen molar-refractivity contribution in [3.63, 3.8) is 0 Å². The Bertz CT molecular complexity index is 252. The van der Waals surface area contributed by atoms with E-state index in [1.165, 1.54) is 25.7 Å². The van der Waals surface area contributed by atoms with Gasteiger partial charge in [-0.1, -0.05) is 19.8 Å². The molecule has 3 atom stereocenters. The summed E-state index contributed by atoms with van der Waals surface area (Å²) in [4.78, 5) is 11.6. The number of hydrogen-bond acceptors (Lipinski definition) is 2. The SMILES string of the molecule is CC1CCCC(CNC(=O)NC2CCOC2)C1. The van der Waals surface area contributed by atoms with Gasteiger partial charge in [-0.25, -0.2) is 4.79 Å². The van der Waals surface area contributed by atoms with E-state index in [0.29, 0.717) is 12.5 Å². The molecule has 1 saturated carbocycles. The Labute approximate surface area is 103 Å². The van der Waals surface area contributed by atoms with Gasteiger partial charge in [0.2, 0.25) is 0 Å². The summed E-state index contributed by atoms with van der Waals surface area (Å²) in [5.41, 5.74) is 0. The molecule has 1 aliphatic heterocycles. The molecule has 0 spiro atoms. The fourth-order valence-corrected chi connectivity index (χ4v) is 2.87. The van der Waals surface area contributed by atoms with Gasteiger partial charge in [-0.2, -0.15) is 0 Å². The summed E-state index contributed by atoms with van der Waals surface area (Å²) < 4.78 is 5.22. The van der Waals surface area contributed by atoms with Crippen molar-refractivity contribution in [1.82, 2.24) is 10.6 Å². The van der Waals surface area contributed by atoms with Crippen molar-refractivity contribution < 1.29 is 9.53 Å². The Kier molecular flexibility index (Phi) is 4.66. The van der Waals surface area contributed by atoms with E-state index in [-0.39, 0.29) is 12.1 Å². The molecule has 3 unspecified atom stereocenters. The molecule has 0 aromatic carbocycles. The third-order valence-corrected chi connectivity index (χ3v) is 3.86. The van der Waals surface area contributed by atoms with E-state index in [1.54, 1.807) is 0 Å². The molecule has 2 aliphatic rings. The molecule has 2 amide bonds. The minimum absolute atomic E-state index is 0.0290. The lowest BCUT2D eigenvalue weighted by Crippen LogP contribution is -2.44. The van der Waals surface area contributed by atoms with Crippen molar-refractivity contribution in [2.45, 2.75) is 45.1 Å². The molecule has 98 valence electrons. The minimum atomic E-state index is -0.0290. The first kappa shape index (κ1) is 12.7. The van der Waals surface area contributed by atoms with E-state index >= 15 is 0 Å². The largest absolute Gasteiger partial charge is 0.379 e. The number of hydrogen-bond donors (Lipinski definition) is 2. The molecule has 0 aromatic heterocycles. The third kappa shape index (κ3) is 4.19. The van der Waals surface area contributed by atoms with Crippen LogP contribution in [0.3, 0.4) is 0 Å². The summed E-state index contributed by atoms with van der Waals surface area (Å²) in [5, 5.41) is 5.95. The fourth-order valence-electron chi connectivity index (χ4n) is 2.87. The van der Waals surface area contributed by atoms with Gasteiger partial charge in [0.25, 0.3) is 0 Å². The van der Waals surface area contributed by atoms with E-state index in [9.17, 15) is 4.79 Å². The van der Waals surface area contributed by atoms with Gasteiger partial charge in [0.05, 0.1) is 12.6 Å². The Hall–Kier alpha value is -0.770. The highest BCUT2D eigenvalue weighted by Gasteiger charge is 2.21. The molecule has 4 nitrogen and oxygen atoms in total. The second-order valence-electron chi connectivity index (χ2n) is 5.55. The van der Waals surface area contributed by atoms with Crippen LogP contribution in [0, 0.1) is 11.8 Å². The molecular formula is C13H24N2O2. The molecule has 1 aliphatic carbocycles. The zero-order valence-corrected chi connectivity index (χ0v) is 10.7. The van der Waals surface area contributed by atoms with Crippen LogP contribution in [-0.2, 0) is 4.74 Å². The standard InChI is InChI=1S/C13H24N2O2/c1-10-3-2-4-11(7-10)8-14-13(16)15-12-5-6-17-9-12/h10-12H,2-9H2,1H3,(H2,14,15,16). The Balaban J connectivity index is 1.61. The van der Waals surface area contributed by atoms with Gasteiger partial charge in [0.1, 0.15) is 0 Å². The zero-order valence-electron chi connectivity index (χ0n) is 10.7. The van der Waals surface area contributed by atoms with Crippen LogP contribution in [0.2, 0.25) is 0 Å². The summed E-state index contributed by atoms with van der Waals surface area (Å²) in [6.45, 7) is 4.56. The van der Waals surface area contributed by atoms with Gasteiger partial charge in [-0.3, -0.25) is 0 Å². The van der Waals surface area contributed by atoms with Crippen molar-refractivity contribution >= 4 is 6.03 Å². The summed E-state index contributed by atoms with van der Waals surface area (Å²) in [6.07, 6.45) is 6.12. The molecule has 0 bridgehead atoms. The van der Waals surface area contributed by atoms with E-state index in [4.69, 9.17) is 4.74 Å². The van der Waals surface area contributed by atoms with Gasteiger partial charge >= 0.3 is 6.03 Å². The Morgan fingerprint density at radius 3 is 2.94 bits per heavy atom. The third-order valence-electron chi connectivity index (χ3n) is 3.86. The molecule has 17 heavy (non-hydrogen) atoms. The van der Waals surface area contributed by atoms with Crippen molar-refractivity contribution in [3.8, 4) is 0 Å². The maximum Gasteiger partial charge on any atom is 0.315 e. The number of urea groups is 1. The van der Waals surface area contributed by atoms with Crippen LogP contribution in [0.5, 0.6) is 0 Å². The molecular weight excluding hydrogens is 216 g/mol. The lowest BCUT2D eigenvalue weighted by Gasteiger charge is -2.27. The summed E-state index contributed by atoms with van der Waals surface area (Å²) >= 11 is 0. The number of amides is 2. The Morgan fingerprint density at radius 2 is 2.24 bits per heavy atom. The summed E-state index contributed by atoms with van der Waals surface area (Å²) in [7, 11) is 0. The normalized spacial score (nSPS) is 33.4. The fraction of sp³-hybridized carbons (Fsp3) is 0.923. The molecule has 2 fully saturated rings. The number of carbonyl (C=O) groups is 1. The number of rotatable bonds is 3. The van der Waals surface area contributed by atoms with E-state index in [0.717, 1.165) is 25.5 Å². The maximum absolute atomic E-state index is 11.6. The number of carbonyl (C=O) groups excluding carboxylic acids is 1. The van der Waals surface area contributed by atoms with Gasteiger partial charge in [0, 0.05) is 13.2 Å². The van der Waals surface area contributed by atoms with Crippen LogP contribution < -0.4 is 10.6 Å². The topological polar surface area (TPSA) is 50.4 Å². The average Bonchev–Trinajstić information content (AvgIpc) is 2.79. The quantitative estimate of drug-likeness (QED) is 0.791. The van der Waals surface area contributed by atoms with Crippen LogP contribution in [0.1, 0.15) is 39.0 Å². The lowest BCUT2D eigenvalue weighted by molar-refractivity contribution is 0.188. The summed E-state index contributed by atoms with van der Waals surface area (Å²) in [5.74, 6) is 1.49. The molecule has 2 rings (SSSR count). The number of nitrogens with one attached hydrogen (secondary N) is 2. The lowest BCUT2D eigenvalue weighted by atomic mass is 9.82. The van der Waals surface area contributed by atoms with Crippen molar-refractivity contribution in [1.29, 1.82) is 0 Å². The highest BCUT2D eigenvalue weighted by molar-refractivity contribution is 5.74. The second kappa shape index (κ2) is 6.24. The van der Waals surface area contributed by atoms with Crippen LogP contribution >= 0.6 is 0 Å². The molecule has 1 saturated heterocycles. The molecule has 1 heterocycles. The molecule has 0 aromatic rings. The monoisotopic (exact) mass is 240 g/mol. The van der Waals surface area contributed by atoms with E-state index in [1.807, 2.05) is 0 Å². The van der Waals surface area contributed by atoms with Gasteiger partial charge in [-0.15, -0.1) is 0 Å². The first-order chi connectivity index (χ1) is 8.24. The average molecular weight is 240 g/mol. The molecule has 4 heteroatoms. The first-order valence-electron chi connectivity index (χ1n) is 6.86. The van der Waals surface area contributed by atoms with E-state index in [2.05, 4.69) is 17.6 Å². The van der Waals surface area contributed by atoms with Crippen molar-refractivity contribution in [3.05, 3.63) is 0 Å². The van der Waals surface area contributed by atoms with Crippen molar-refractivity contribution in [2.24, 2.45) is 11.8 Å². The van der Waals surface area contributed by atoms with Gasteiger partial charge in [0.15, 0.2) is 0 Å². The van der Waals surface area contributed by atoms with Crippen LogP contribution in [0.15, 0.2) is 0 Å². The molecule has 2 N–H and O–H groups in total. The summed E-state index contributed by atoms with van der Waals surface area (Å²) in [6, 6.07) is 0.180. The Morgan fingerprint density at radius 1 is 1.35 bits per heavy atom. The molecule has 0 radical (unpaired) electrons. The van der Waals surface area contributed by atoms with Crippen LogP contribution in [-0.4, -0.2) is 31.8 Å². The maximum atomic E-state index is 11.6. The van der Waals surface area contributed by atoms with Gasteiger partial charge in [-0.05, 0) is 31.1 Å². The second-order valence-corrected chi connectivity index (χ2v) is 5.55. The van der Waals surface area contributed by atoms with Crippen LogP contribution in [0.4, 0.5) is 4.79 Å². The zero-order chi connectivity index (χ0) is 12.1. The van der Waals surface area contributed by atoms with Crippen molar-refractivity contribution in [2.75, 3.05) is 19.8 Å².